The van der Waals surface area contributed by atoms with E-state index in [0.29, 0.717) is 39.9 Å². The highest BCUT2D eigenvalue weighted by Gasteiger charge is 2.16. The average molecular weight is 439 g/mol. The summed E-state index contributed by atoms with van der Waals surface area (Å²) in [5, 5.41) is 9.86. The van der Waals surface area contributed by atoms with E-state index < -0.39 is 5.82 Å². The van der Waals surface area contributed by atoms with Crippen molar-refractivity contribution >= 4 is 34.4 Å². The second kappa shape index (κ2) is 9.00. The largest absolute Gasteiger partial charge is 0.494 e. The van der Waals surface area contributed by atoms with E-state index in [0.717, 1.165) is 11.8 Å². The summed E-state index contributed by atoms with van der Waals surface area (Å²) in [6, 6.07) is 12.6. The summed E-state index contributed by atoms with van der Waals surface area (Å²) >= 11 is 1.09. The lowest BCUT2D eigenvalue weighted by molar-refractivity contribution is -0.113. The van der Waals surface area contributed by atoms with Crippen LogP contribution in [0.15, 0.2) is 64.7 Å². The van der Waals surface area contributed by atoms with E-state index in [1.54, 1.807) is 30.3 Å². The Morgan fingerprint density at radius 1 is 1.26 bits per heavy atom. The van der Waals surface area contributed by atoms with Crippen LogP contribution in [0.1, 0.15) is 6.92 Å². The molecule has 2 N–H and O–H groups in total. The van der Waals surface area contributed by atoms with Gasteiger partial charge in [0, 0.05) is 5.69 Å². The van der Waals surface area contributed by atoms with Gasteiger partial charge in [0.05, 0.1) is 24.2 Å². The number of rotatable bonds is 7. The Morgan fingerprint density at radius 2 is 2.06 bits per heavy atom. The molecule has 31 heavy (non-hydrogen) atoms. The van der Waals surface area contributed by atoms with E-state index in [1.807, 2.05) is 6.92 Å². The third-order valence-corrected chi connectivity index (χ3v) is 5.24. The number of carbonyl (C=O) groups excluding carboxylic acids is 1. The smallest absolute Gasteiger partial charge is 0.269 e. The molecule has 0 bridgehead atoms. The second-order valence-corrected chi connectivity index (χ2v) is 7.38. The minimum absolute atomic E-state index is 0.0281. The van der Waals surface area contributed by atoms with Crippen LogP contribution in [-0.4, -0.2) is 38.0 Å². The topological polar surface area (TPSA) is 102 Å². The standard InChI is InChI=1S/C21H18FN5O3S/c1-2-30-16-8-6-15(7-9-16)27-20(29)17-11-23-26-19(17)25-21(27)31-12-18(28)24-14-5-3-4-13(22)10-14/h3-11H,2,12H2,1H3,(H,23,26)(H,24,28). The molecule has 0 radical (unpaired) electrons. The van der Waals surface area contributed by atoms with Crippen molar-refractivity contribution in [1.29, 1.82) is 0 Å². The van der Waals surface area contributed by atoms with Crippen LogP contribution in [-0.2, 0) is 4.79 Å². The zero-order valence-corrected chi connectivity index (χ0v) is 17.3. The Bertz CT molecular complexity index is 1290. The highest BCUT2D eigenvalue weighted by molar-refractivity contribution is 7.99. The monoisotopic (exact) mass is 439 g/mol. The molecule has 10 heteroatoms. The molecule has 8 nitrogen and oxygen atoms in total. The predicted octanol–water partition coefficient (Wildman–Crippen LogP) is 3.38. The molecular formula is C21H18FN5O3S. The van der Waals surface area contributed by atoms with E-state index in [-0.39, 0.29) is 17.2 Å². The van der Waals surface area contributed by atoms with E-state index in [4.69, 9.17) is 4.74 Å². The molecule has 2 aromatic carbocycles. The molecule has 4 aromatic rings. The molecule has 0 unspecified atom stereocenters. The van der Waals surface area contributed by atoms with Gasteiger partial charge in [0.25, 0.3) is 5.56 Å². The van der Waals surface area contributed by atoms with Gasteiger partial charge in [0.1, 0.15) is 17.0 Å². The van der Waals surface area contributed by atoms with Crippen LogP contribution in [0.2, 0.25) is 0 Å². The highest BCUT2D eigenvalue weighted by atomic mass is 32.2. The molecular weight excluding hydrogens is 421 g/mol. The van der Waals surface area contributed by atoms with Crippen molar-refractivity contribution in [3.8, 4) is 11.4 Å². The lowest BCUT2D eigenvalue weighted by Crippen LogP contribution is -2.22. The number of thioether (sulfide) groups is 1. The molecule has 4 rings (SSSR count). The number of carbonyl (C=O) groups is 1. The molecule has 0 saturated heterocycles. The Labute approximate surface area is 180 Å². The Balaban J connectivity index is 1.62. The summed E-state index contributed by atoms with van der Waals surface area (Å²) in [4.78, 5) is 29.9. The minimum Gasteiger partial charge on any atom is -0.494 e. The first kappa shape index (κ1) is 20.6. The van der Waals surface area contributed by atoms with Gasteiger partial charge in [0.15, 0.2) is 10.8 Å². The van der Waals surface area contributed by atoms with Gasteiger partial charge >= 0.3 is 0 Å². The van der Waals surface area contributed by atoms with Crippen molar-refractivity contribution in [3.05, 3.63) is 70.9 Å². The number of halogens is 1. The zero-order valence-electron chi connectivity index (χ0n) is 16.5. The van der Waals surface area contributed by atoms with Gasteiger partial charge in [-0.2, -0.15) is 5.10 Å². The van der Waals surface area contributed by atoms with E-state index in [1.165, 1.54) is 29.0 Å². The van der Waals surface area contributed by atoms with Crippen molar-refractivity contribution in [2.45, 2.75) is 12.1 Å². The lowest BCUT2D eigenvalue weighted by atomic mass is 10.3. The normalized spacial score (nSPS) is 10.9. The number of nitrogens with one attached hydrogen (secondary N) is 2. The molecule has 0 aliphatic carbocycles. The maximum Gasteiger partial charge on any atom is 0.269 e. The Hall–Kier alpha value is -3.66. The first-order valence-electron chi connectivity index (χ1n) is 9.42. The van der Waals surface area contributed by atoms with Crippen molar-refractivity contribution < 1.29 is 13.9 Å². The summed E-state index contributed by atoms with van der Waals surface area (Å²) in [6.07, 6.45) is 1.42. The number of hydrogen-bond donors (Lipinski definition) is 2. The number of hydrogen-bond acceptors (Lipinski definition) is 6. The quantitative estimate of drug-likeness (QED) is 0.338. The molecule has 2 heterocycles. The first-order chi connectivity index (χ1) is 15.0. The van der Waals surface area contributed by atoms with Crippen LogP contribution in [0.4, 0.5) is 10.1 Å². The summed E-state index contributed by atoms with van der Waals surface area (Å²) in [6.45, 7) is 2.42. The summed E-state index contributed by atoms with van der Waals surface area (Å²) < 4.78 is 20.2. The molecule has 0 fully saturated rings. The zero-order chi connectivity index (χ0) is 21.8. The maximum atomic E-state index is 13.3. The molecule has 0 aliphatic heterocycles. The molecule has 0 spiro atoms. The predicted molar refractivity (Wildman–Crippen MR) is 116 cm³/mol. The third kappa shape index (κ3) is 4.58. The number of amides is 1. The average Bonchev–Trinajstić information content (AvgIpc) is 3.22. The SMILES string of the molecule is CCOc1ccc(-n2c(SCC(=O)Nc3cccc(F)c3)nc3[nH]ncc3c2=O)cc1. The van der Waals surface area contributed by atoms with Crippen LogP contribution in [0, 0.1) is 5.82 Å². The Morgan fingerprint density at radius 3 is 2.81 bits per heavy atom. The van der Waals surface area contributed by atoms with E-state index in [2.05, 4.69) is 20.5 Å². The van der Waals surface area contributed by atoms with Crippen molar-refractivity contribution in [2.24, 2.45) is 0 Å². The van der Waals surface area contributed by atoms with Crippen LogP contribution in [0.25, 0.3) is 16.7 Å². The number of anilines is 1. The number of aromatic nitrogens is 4. The molecule has 1 amide bonds. The van der Waals surface area contributed by atoms with E-state index >= 15 is 0 Å². The first-order valence-corrected chi connectivity index (χ1v) is 10.4. The summed E-state index contributed by atoms with van der Waals surface area (Å²) in [5.74, 6) is -0.145. The maximum absolute atomic E-state index is 13.3. The molecule has 158 valence electrons. The number of aromatic amines is 1. The van der Waals surface area contributed by atoms with Crippen molar-refractivity contribution in [1.82, 2.24) is 19.7 Å². The van der Waals surface area contributed by atoms with Crippen molar-refractivity contribution in [2.75, 3.05) is 17.7 Å². The van der Waals surface area contributed by atoms with Gasteiger partial charge in [-0.3, -0.25) is 19.3 Å². The molecule has 0 atom stereocenters. The highest BCUT2D eigenvalue weighted by Crippen LogP contribution is 2.22. The molecule has 2 aromatic heterocycles. The molecule has 0 saturated carbocycles. The Kier molecular flexibility index (Phi) is 5.99. The van der Waals surface area contributed by atoms with Crippen LogP contribution >= 0.6 is 11.8 Å². The fraction of sp³-hybridized carbons (Fsp3) is 0.143. The van der Waals surface area contributed by atoms with Gasteiger partial charge < -0.3 is 10.1 Å². The van der Waals surface area contributed by atoms with Gasteiger partial charge in [-0.15, -0.1) is 0 Å². The number of ether oxygens (including phenoxy) is 1. The third-order valence-electron chi connectivity index (χ3n) is 4.30. The number of fused-ring (bicyclic) bond motifs is 1. The van der Waals surface area contributed by atoms with Gasteiger partial charge in [-0.05, 0) is 49.4 Å². The number of H-pyrrole nitrogens is 1. The van der Waals surface area contributed by atoms with Crippen LogP contribution < -0.4 is 15.6 Å². The summed E-state index contributed by atoms with van der Waals surface area (Å²) in [7, 11) is 0. The summed E-state index contributed by atoms with van der Waals surface area (Å²) in [5.41, 5.74) is 0.958. The van der Waals surface area contributed by atoms with E-state index in [9.17, 15) is 14.0 Å². The fourth-order valence-electron chi connectivity index (χ4n) is 2.95. The fourth-order valence-corrected chi connectivity index (χ4v) is 3.76. The van der Waals surface area contributed by atoms with Crippen molar-refractivity contribution in [3.63, 3.8) is 0 Å². The van der Waals surface area contributed by atoms with Gasteiger partial charge in [-0.1, -0.05) is 17.8 Å². The number of nitrogens with zero attached hydrogens (tertiary/aromatic N) is 3. The van der Waals surface area contributed by atoms with Crippen LogP contribution in [0.5, 0.6) is 5.75 Å². The van der Waals surface area contributed by atoms with Gasteiger partial charge in [-0.25, -0.2) is 9.37 Å². The van der Waals surface area contributed by atoms with Gasteiger partial charge in [0.2, 0.25) is 5.91 Å². The molecule has 0 aliphatic rings. The number of benzene rings is 2. The second-order valence-electron chi connectivity index (χ2n) is 6.44. The lowest BCUT2D eigenvalue weighted by Gasteiger charge is -2.12. The van der Waals surface area contributed by atoms with Crippen LogP contribution in [0.3, 0.4) is 0 Å². The minimum atomic E-state index is -0.443.